The SMILES string of the molecule is [CH]C1NCCN1. The Labute approximate surface area is 37.9 Å². The molecule has 0 amide bonds. The zero-order valence-corrected chi connectivity index (χ0v) is 3.57. The molecule has 0 aromatic carbocycles. The van der Waals surface area contributed by atoms with E-state index in [1.165, 1.54) is 0 Å². The van der Waals surface area contributed by atoms with Crippen molar-refractivity contribution in [2.24, 2.45) is 0 Å². The second-order valence-electron chi connectivity index (χ2n) is 1.39. The van der Waals surface area contributed by atoms with Crippen molar-refractivity contribution in [1.29, 1.82) is 0 Å². The van der Waals surface area contributed by atoms with Crippen LogP contribution >= 0.6 is 0 Å². The van der Waals surface area contributed by atoms with E-state index < -0.39 is 0 Å². The number of hydrogen-bond donors (Lipinski definition) is 2. The summed E-state index contributed by atoms with van der Waals surface area (Å²) in [6.45, 7) is 7.31. The summed E-state index contributed by atoms with van der Waals surface area (Å²) in [7, 11) is 0. The maximum Gasteiger partial charge on any atom is 0.0609 e. The standard InChI is InChI=1S/C4H8N2/c1-4-5-2-3-6-4/h1,4-6H,2-3H2. The van der Waals surface area contributed by atoms with Crippen molar-refractivity contribution in [2.75, 3.05) is 13.1 Å². The third-order valence-electron chi connectivity index (χ3n) is 0.854. The highest BCUT2D eigenvalue weighted by Gasteiger charge is 2.03. The zero-order chi connectivity index (χ0) is 4.41. The van der Waals surface area contributed by atoms with Gasteiger partial charge in [-0.3, -0.25) is 0 Å². The fourth-order valence-corrected chi connectivity index (χ4v) is 0.528. The van der Waals surface area contributed by atoms with Crippen molar-refractivity contribution >= 4 is 0 Å². The van der Waals surface area contributed by atoms with Gasteiger partial charge in [0.05, 0.1) is 6.17 Å². The maximum atomic E-state index is 5.31. The minimum atomic E-state index is 0.0463. The normalized spacial score (nSPS) is 25.5. The van der Waals surface area contributed by atoms with Crippen molar-refractivity contribution in [3.8, 4) is 0 Å². The van der Waals surface area contributed by atoms with Crippen LogP contribution in [0.15, 0.2) is 0 Å². The maximum absolute atomic E-state index is 5.31. The van der Waals surface area contributed by atoms with Crippen molar-refractivity contribution in [3.63, 3.8) is 0 Å². The highest BCUT2D eigenvalue weighted by molar-refractivity contribution is 4.73. The predicted molar refractivity (Wildman–Crippen MR) is 24.1 cm³/mol. The van der Waals surface area contributed by atoms with Crippen LogP contribution < -0.4 is 10.6 Å². The van der Waals surface area contributed by atoms with E-state index in [2.05, 4.69) is 10.6 Å². The van der Waals surface area contributed by atoms with E-state index in [9.17, 15) is 0 Å². The van der Waals surface area contributed by atoms with Gasteiger partial charge >= 0.3 is 0 Å². The summed E-state index contributed by atoms with van der Waals surface area (Å²) in [6, 6.07) is 0. The largest absolute Gasteiger partial charge is 0.300 e. The molecule has 0 atom stereocenters. The first-order chi connectivity index (χ1) is 2.89. The van der Waals surface area contributed by atoms with Gasteiger partial charge in [0.2, 0.25) is 0 Å². The lowest BCUT2D eigenvalue weighted by molar-refractivity contribution is 0.662. The monoisotopic (exact) mass is 84.1 g/mol. The molecule has 0 spiro atoms. The van der Waals surface area contributed by atoms with Crippen molar-refractivity contribution in [1.82, 2.24) is 10.6 Å². The summed E-state index contributed by atoms with van der Waals surface area (Å²) < 4.78 is 0. The lowest BCUT2D eigenvalue weighted by atomic mass is 10.6. The highest BCUT2D eigenvalue weighted by atomic mass is 15.2. The third kappa shape index (κ3) is 0.698. The summed E-state index contributed by atoms with van der Waals surface area (Å²) in [6.07, 6.45) is 0.0463. The van der Waals surface area contributed by atoms with Gasteiger partial charge < -0.3 is 10.6 Å². The van der Waals surface area contributed by atoms with Gasteiger partial charge in [-0.05, 0) is 6.92 Å². The summed E-state index contributed by atoms with van der Waals surface area (Å²) >= 11 is 0. The van der Waals surface area contributed by atoms with E-state index in [4.69, 9.17) is 6.92 Å². The van der Waals surface area contributed by atoms with Crippen LogP contribution in [0.4, 0.5) is 0 Å². The van der Waals surface area contributed by atoms with Gasteiger partial charge in [0.1, 0.15) is 0 Å². The van der Waals surface area contributed by atoms with E-state index in [0.717, 1.165) is 13.1 Å². The quantitative estimate of drug-likeness (QED) is 0.402. The van der Waals surface area contributed by atoms with Gasteiger partial charge in [-0.25, -0.2) is 0 Å². The molecule has 0 saturated carbocycles. The van der Waals surface area contributed by atoms with Crippen LogP contribution in [0.3, 0.4) is 0 Å². The molecular weight excluding hydrogens is 76.1 g/mol. The Bertz CT molecular complexity index is 38.8. The lowest BCUT2D eigenvalue weighted by Gasteiger charge is -1.96. The summed E-state index contributed by atoms with van der Waals surface area (Å²) in [5.74, 6) is 0. The summed E-state index contributed by atoms with van der Waals surface area (Å²) in [4.78, 5) is 0. The Kier molecular flexibility index (Phi) is 1.08. The van der Waals surface area contributed by atoms with Crippen LogP contribution in [0.1, 0.15) is 0 Å². The van der Waals surface area contributed by atoms with Crippen LogP contribution in [-0.4, -0.2) is 19.3 Å². The molecule has 2 radical (unpaired) electrons. The number of nitrogens with one attached hydrogen (secondary N) is 2. The molecule has 0 aromatic rings. The van der Waals surface area contributed by atoms with Gasteiger partial charge in [-0.1, -0.05) is 0 Å². The zero-order valence-electron chi connectivity index (χ0n) is 3.57. The minimum Gasteiger partial charge on any atom is -0.300 e. The Morgan fingerprint density at radius 3 is 2.00 bits per heavy atom. The molecule has 1 rings (SSSR count). The third-order valence-corrected chi connectivity index (χ3v) is 0.854. The first-order valence-corrected chi connectivity index (χ1v) is 2.12. The van der Waals surface area contributed by atoms with Gasteiger partial charge in [0, 0.05) is 13.1 Å². The highest BCUT2D eigenvalue weighted by Crippen LogP contribution is 1.77. The van der Waals surface area contributed by atoms with Crippen LogP contribution in [0.5, 0.6) is 0 Å². The Morgan fingerprint density at radius 1 is 1.33 bits per heavy atom. The Hall–Kier alpha value is -0.0800. The van der Waals surface area contributed by atoms with Crippen LogP contribution in [0, 0.1) is 6.92 Å². The molecule has 1 saturated heterocycles. The van der Waals surface area contributed by atoms with E-state index >= 15 is 0 Å². The lowest BCUT2D eigenvalue weighted by Crippen LogP contribution is -2.26. The molecule has 2 nitrogen and oxygen atoms in total. The molecule has 0 bridgehead atoms. The van der Waals surface area contributed by atoms with E-state index in [1.54, 1.807) is 0 Å². The topological polar surface area (TPSA) is 24.1 Å². The first-order valence-electron chi connectivity index (χ1n) is 2.12. The fraction of sp³-hybridized carbons (Fsp3) is 0.750. The van der Waals surface area contributed by atoms with Crippen molar-refractivity contribution in [2.45, 2.75) is 6.17 Å². The van der Waals surface area contributed by atoms with E-state index in [1.807, 2.05) is 0 Å². The average Bonchev–Trinajstić information content (AvgIpc) is 1.86. The second kappa shape index (κ2) is 1.58. The molecule has 1 heterocycles. The summed E-state index contributed by atoms with van der Waals surface area (Å²) in [5.41, 5.74) is 0. The van der Waals surface area contributed by atoms with Gasteiger partial charge in [-0.15, -0.1) is 0 Å². The molecule has 6 heavy (non-hydrogen) atoms. The number of rotatable bonds is 0. The Balaban J connectivity index is 2.18. The summed E-state index contributed by atoms with van der Waals surface area (Å²) in [5, 5.41) is 5.97. The van der Waals surface area contributed by atoms with E-state index in [0.29, 0.717) is 0 Å². The molecule has 34 valence electrons. The van der Waals surface area contributed by atoms with Crippen molar-refractivity contribution < 1.29 is 0 Å². The molecule has 1 fully saturated rings. The fourth-order valence-electron chi connectivity index (χ4n) is 0.528. The molecule has 1 aliphatic heterocycles. The van der Waals surface area contributed by atoms with Gasteiger partial charge in [0.15, 0.2) is 0 Å². The predicted octanol–water partition coefficient (Wildman–Crippen LogP) is -0.784. The van der Waals surface area contributed by atoms with Crippen LogP contribution in [0.2, 0.25) is 0 Å². The first kappa shape index (κ1) is 4.09. The Morgan fingerprint density at radius 2 is 1.83 bits per heavy atom. The van der Waals surface area contributed by atoms with E-state index in [-0.39, 0.29) is 6.17 Å². The molecule has 0 unspecified atom stereocenters. The molecule has 1 aliphatic rings. The smallest absolute Gasteiger partial charge is 0.0609 e. The second-order valence-corrected chi connectivity index (χ2v) is 1.39. The van der Waals surface area contributed by atoms with Gasteiger partial charge in [-0.2, -0.15) is 0 Å². The van der Waals surface area contributed by atoms with Crippen LogP contribution in [0.25, 0.3) is 0 Å². The van der Waals surface area contributed by atoms with Gasteiger partial charge in [0.25, 0.3) is 0 Å². The van der Waals surface area contributed by atoms with Crippen LogP contribution in [-0.2, 0) is 0 Å². The number of hydrogen-bond acceptors (Lipinski definition) is 2. The van der Waals surface area contributed by atoms with Crippen molar-refractivity contribution in [3.05, 3.63) is 6.92 Å². The molecule has 0 aromatic heterocycles. The molecule has 0 aliphatic carbocycles. The minimum absolute atomic E-state index is 0.0463. The molecule has 2 heteroatoms. The molecular formula is C4H8N2. The average molecular weight is 84.1 g/mol. The molecule has 2 N–H and O–H groups in total.